The molecule has 0 spiro atoms. The van der Waals surface area contributed by atoms with E-state index in [0.29, 0.717) is 10.7 Å². The van der Waals surface area contributed by atoms with E-state index in [-0.39, 0.29) is 11.7 Å². The fourth-order valence-electron chi connectivity index (χ4n) is 0.849. The number of amides is 1. The summed E-state index contributed by atoms with van der Waals surface area (Å²) in [5.41, 5.74) is 5.18. The number of thiocarbonyl (C=S) groups is 1. The molecule has 0 heterocycles. The lowest BCUT2D eigenvalue weighted by Crippen LogP contribution is -2.45. The van der Waals surface area contributed by atoms with Crippen LogP contribution in [0.4, 0.5) is 4.39 Å². The number of nitrogens with one attached hydrogen (secondary N) is 3. The van der Waals surface area contributed by atoms with Gasteiger partial charge in [0.05, 0.1) is 0 Å². The summed E-state index contributed by atoms with van der Waals surface area (Å²) in [5.74, 6) is -0.766. The lowest BCUT2D eigenvalue weighted by molar-refractivity contribution is 0.0943. The molecule has 0 aliphatic carbocycles. The summed E-state index contributed by atoms with van der Waals surface area (Å²) >= 11 is 4.75. The van der Waals surface area contributed by atoms with Crippen LogP contribution in [-0.2, 0) is 0 Å². The average molecular weight is 227 g/mol. The van der Waals surface area contributed by atoms with Gasteiger partial charge in [-0.05, 0) is 36.5 Å². The van der Waals surface area contributed by atoms with Gasteiger partial charge in [0.15, 0.2) is 5.11 Å². The van der Waals surface area contributed by atoms with Crippen LogP contribution in [0.3, 0.4) is 0 Å². The summed E-state index contributed by atoms with van der Waals surface area (Å²) in [7, 11) is 1.62. The molecule has 0 bridgehead atoms. The Balaban J connectivity index is 2.54. The number of hydrogen-bond donors (Lipinski definition) is 3. The molecule has 80 valence electrons. The number of rotatable bonds is 1. The Labute approximate surface area is 91.8 Å². The summed E-state index contributed by atoms with van der Waals surface area (Å²) in [4.78, 5) is 11.4. The van der Waals surface area contributed by atoms with E-state index in [1.165, 1.54) is 24.3 Å². The highest BCUT2D eigenvalue weighted by Gasteiger charge is 2.04. The van der Waals surface area contributed by atoms with Gasteiger partial charge >= 0.3 is 0 Å². The number of carbonyl (C=O) groups is 1. The zero-order valence-corrected chi connectivity index (χ0v) is 8.82. The van der Waals surface area contributed by atoms with Crippen LogP contribution in [0.5, 0.6) is 0 Å². The van der Waals surface area contributed by atoms with Crippen molar-refractivity contribution in [2.24, 2.45) is 0 Å². The van der Waals surface area contributed by atoms with Crippen LogP contribution in [0.15, 0.2) is 24.3 Å². The average Bonchev–Trinajstić information content (AvgIpc) is 2.26. The first kappa shape index (κ1) is 11.4. The topological polar surface area (TPSA) is 53.2 Å². The number of carbonyl (C=O) groups excluding carboxylic acids is 1. The highest BCUT2D eigenvalue weighted by atomic mass is 32.1. The minimum atomic E-state index is -0.384. The van der Waals surface area contributed by atoms with Crippen molar-refractivity contribution >= 4 is 23.2 Å². The molecule has 6 heteroatoms. The number of halogens is 1. The zero-order valence-electron chi connectivity index (χ0n) is 8.00. The van der Waals surface area contributed by atoms with Gasteiger partial charge in [-0.1, -0.05) is 0 Å². The summed E-state index contributed by atoms with van der Waals surface area (Å²) < 4.78 is 12.5. The van der Waals surface area contributed by atoms with E-state index in [9.17, 15) is 9.18 Å². The van der Waals surface area contributed by atoms with Gasteiger partial charge in [0, 0.05) is 12.6 Å². The zero-order chi connectivity index (χ0) is 11.3. The molecule has 3 N–H and O–H groups in total. The summed E-state index contributed by atoms with van der Waals surface area (Å²) in [6.45, 7) is 0. The highest BCUT2D eigenvalue weighted by Crippen LogP contribution is 2.01. The van der Waals surface area contributed by atoms with Gasteiger partial charge in [0.25, 0.3) is 5.91 Å². The van der Waals surface area contributed by atoms with Gasteiger partial charge in [-0.3, -0.25) is 15.6 Å². The van der Waals surface area contributed by atoms with Crippen LogP contribution in [0, 0.1) is 5.82 Å². The van der Waals surface area contributed by atoms with Gasteiger partial charge < -0.3 is 5.32 Å². The lowest BCUT2D eigenvalue weighted by Gasteiger charge is -2.08. The number of hydrazine groups is 1. The van der Waals surface area contributed by atoms with Crippen molar-refractivity contribution in [3.8, 4) is 0 Å². The van der Waals surface area contributed by atoms with Crippen molar-refractivity contribution in [3.05, 3.63) is 35.6 Å². The van der Waals surface area contributed by atoms with Gasteiger partial charge in [-0.15, -0.1) is 0 Å². The van der Waals surface area contributed by atoms with E-state index in [1.54, 1.807) is 7.05 Å². The second-order valence-corrected chi connectivity index (χ2v) is 3.07. The minimum Gasteiger partial charge on any atom is -0.364 e. The molecule has 0 fully saturated rings. The smallest absolute Gasteiger partial charge is 0.269 e. The SMILES string of the molecule is CNC(=S)NNC(=O)c1ccc(F)cc1. The lowest BCUT2D eigenvalue weighted by atomic mass is 10.2. The van der Waals surface area contributed by atoms with Crippen LogP contribution in [0.25, 0.3) is 0 Å². The standard InChI is InChI=1S/C9H10FN3OS/c1-11-9(15)13-12-8(14)6-2-4-7(10)5-3-6/h2-5H,1H3,(H,12,14)(H2,11,13,15). The van der Waals surface area contributed by atoms with Crippen LogP contribution in [0.1, 0.15) is 10.4 Å². The molecule has 0 aromatic heterocycles. The van der Waals surface area contributed by atoms with E-state index in [1.807, 2.05) is 0 Å². The number of hydrogen-bond acceptors (Lipinski definition) is 2. The van der Waals surface area contributed by atoms with E-state index in [2.05, 4.69) is 16.2 Å². The third-order valence-electron chi connectivity index (χ3n) is 1.62. The van der Waals surface area contributed by atoms with Crippen LogP contribution >= 0.6 is 12.2 Å². The first-order valence-corrected chi connectivity index (χ1v) is 4.58. The normalized spacial score (nSPS) is 9.20. The predicted molar refractivity (Wildman–Crippen MR) is 58.7 cm³/mol. The van der Waals surface area contributed by atoms with Crippen molar-refractivity contribution < 1.29 is 9.18 Å². The van der Waals surface area contributed by atoms with Crippen molar-refractivity contribution in [2.75, 3.05) is 7.05 Å². The molecular formula is C9H10FN3OS. The summed E-state index contributed by atoms with van der Waals surface area (Å²) in [6, 6.07) is 5.19. The maximum atomic E-state index is 12.5. The van der Waals surface area contributed by atoms with E-state index >= 15 is 0 Å². The van der Waals surface area contributed by atoms with Gasteiger partial charge in [-0.2, -0.15) is 0 Å². The molecular weight excluding hydrogens is 217 g/mol. The first-order valence-electron chi connectivity index (χ1n) is 4.17. The second kappa shape index (κ2) is 5.26. The molecule has 4 nitrogen and oxygen atoms in total. The Morgan fingerprint density at radius 3 is 2.40 bits per heavy atom. The Kier molecular flexibility index (Phi) is 3.99. The molecule has 0 atom stereocenters. The Bertz CT molecular complexity index is 366. The molecule has 0 saturated carbocycles. The van der Waals surface area contributed by atoms with E-state index in [4.69, 9.17) is 12.2 Å². The Morgan fingerprint density at radius 1 is 1.27 bits per heavy atom. The second-order valence-electron chi connectivity index (χ2n) is 2.67. The fourth-order valence-corrected chi connectivity index (χ4v) is 0.900. The molecule has 0 radical (unpaired) electrons. The Morgan fingerprint density at radius 2 is 1.87 bits per heavy atom. The van der Waals surface area contributed by atoms with Gasteiger partial charge in [0.1, 0.15) is 5.82 Å². The van der Waals surface area contributed by atoms with Crippen LogP contribution < -0.4 is 16.2 Å². The molecule has 0 aliphatic heterocycles. The fraction of sp³-hybridized carbons (Fsp3) is 0.111. The van der Waals surface area contributed by atoms with E-state index in [0.717, 1.165) is 0 Å². The molecule has 1 aromatic rings. The number of benzene rings is 1. The molecule has 15 heavy (non-hydrogen) atoms. The third kappa shape index (κ3) is 3.51. The largest absolute Gasteiger partial charge is 0.364 e. The minimum absolute atomic E-state index is 0.297. The maximum absolute atomic E-state index is 12.5. The van der Waals surface area contributed by atoms with Crippen molar-refractivity contribution in [1.82, 2.24) is 16.2 Å². The maximum Gasteiger partial charge on any atom is 0.269 e. The quantitative estimate of drug-likeness (QED) is 0.485. The third-order valence-corrected chi connectivity index (χ3v) is 1.93. The van der Waals surface area contributed by atoms with Crippen LogP contribution in [0.2, 0.25) is 0 Å². The van der Waals surface area contributed by atoms with Gasteiger partial charge in [0.2, 0.25) is 0 Å². The molecule has 0 saturated heterocycles. The van der Waals surface area contributed by atoms with Crippen molar-refractivity contribution in [1.29, 1.82) is 0 Å². The summed E-state index contributed by atoms with van der Waals surface area (Å²) in [6.07, 6.45) is 0. The highest BCUT2D eigenvalue weighted by molar-refractivity contribution is 7.80. The summed E-state index contributed by atoms with van der Waals surface area (Å²) in [5, 5.41) is 2.92. The van der Waals surface area contributed by atoms with Crippen LogP contribution in [-0.4, -0.2) is 18.1 Å². The predicted octanol–water partition coefficient (Wildman–Crippen LogP) is 0.564. The molecule has 1 aromatic carbocycles. The molecule has 1 amide bonds. The molecule has 1 rings (SSSR count). The molecule has 0 aliphatic rings. The monoisotopic (exact) mass is 227 g/mol. The van der Waals surface area contributed by atoms with E-state index < -0.39 is 0 Å². The van der Waals surface area contributed by atoms with Crippen molar-refractivity contribution in [3.63, 3.8) is 0 Å². The van der Waals surface area contributed by atoms with Crippen molar-refractivity contribution in [2.45, 2.75) is 0 Å². The molecule has 0 unspecified atom stereocenters. The van der Waals surface area contributed by atoms with Gasteiger partial charge in [-0.25, -0.2) is 4.39 Å². The Hall–Kier alpha value is -1.69. The first-order chi connectivity index (χ1) is 7.13.